The maximum atomic E-state index is 13.3. The predicted octanol–water partition coefficient (Wildman–Crippen LogP) is 4.71. The van der Waals surface area contributed by atoms with Crippen molar-refractivity contribution in [1.29, 1.82) is 0 Å². The summed E-state index contributed by atoms with van der Waals surface area (Å²) in [5.74, 6) is -0.130. The van der Waals surface area contributed by atoms with Gasteiger partial charge in [0.25, 0.3) is 11.7 Å². The molecule has 0 spiro atoms. The lowest BCUT2D eigenvalue weighted by molar-refractivity contribution is -0.132. The lowest BCUT2D eigenvalue weighted by Crippen LogP contribution is -2.29. The Morgan fingerprint density at radius 1 is 0.943 bits per heavy atom. The summed E-state index contributed by atoms with van der Waals surface area (Å²) in [4.78, 5) is 28.0. The highest BCUT2D eigenvalue weighted by Gasteiger charge is 2.47. The summed E-state index contributed by atoms with van der Waals surface area (Å²) in [6.45, 7) is 0.0670. The van der Waals surface area contributed by atoms with E-state index in [0.717, 1.165) is 0 Å². The number of carbonyl (C=O) groups excluding carboxylic acids is 2. The number of hydrogen-bond acceptors (Lipinski definition) is 7. The first-order valence-corrected chi connectivity index (χ1v) is 11.0. The zero-order valence-corrected chi connectivity index (χ0v) is 19.5. The zero-order valence-electron chi connectivity index (χ0n) is 18.8. The van der Waals surface area contributed by atoms with E-state index in [9.17, 15) is 14.7 Å². The average Bonchev–Trinajstić information content (AvgIpc) is 3.45. The number of fused-ring (bicyclic) bond motifs is 1. The number of rotatable bonds is 5. The number of hydrogen-bond donors (Lipinski definition) is 1. The van der Waals surface area contributed by atoms with Crippen molar-refractivity contribution in [1.82, 2.24) is 0 Å². The Labute approximate surface area is 205 Å². The van der Waals surface area contributed by atoms with Crippen LogP contribution in [0.3, 0.4) is 0 Å². The Morgan fingerprint density at radius 3 is 2.37 bits per heavy atom. The summed E-state index contributed by atoms with van der Waals surface area (Å²) in [5.41, 5.74) is 1.24. The van der Waals surface area contributed by atoms with Crippen LogP contribution in [-0.4, -0.2) is 37.8 Å². The first kappa shape index (κ1) is 22.6. The highest BCUT2D eigenvalue weighted by Crippen LogP contribution is 2.45. The van der Waals surface area contributed by atoms with Gasteiger partial charge >= 0.3 is 0 Å². The van der Waals surface area contributed by atoms with Gasteiger partial charge in [0.15, 0.2) is 23.0 Å². The van der Waals surface area contributed by atoms with Crippen LogP contribution in [0.2, 0.25) is 5.02 Å². The van der Waals surface area contributed by atoms with Crippen molar-refractivity contribution in [2.45, 2.75) is 6.04 Å². The predicted molar refractivity (Wildman–Crippen MR) is 128 cm³/mol. The molecule has 0 aliphatic carbocycles. The van der Waals surface area contributed by atoms with E-state index < -0.39 is 17.7 Å². The number of benzene rings is 3. The average molecular weight is 494 g/mol. The number of amides is 1. The van der Waals surface area contributed by atoms with Crippen LogP contribution in [0.15, 0.2) is 66.2 Å². The van der Waals surface area contributed by atoms with E-state index in [-0.39, 0.29) is 18.1 Å². The van der Waals surface area contributed by atoms with Gasteiger partial charge in [-0.2, -0.15) is 0 Å². The van der Waals surface area contributed by atoms with Crippen LogP contribution in [0.25, 0.3) is 5.76 Å². The molecule has 3 aromatic carbocycles. The third-order valence-electron chi connectivity index (χ3n) is 5.92. The number of methoxy groups -OCH3 is 2. The molecule has 2 aliphatic heterocycles. The molecule has 0 bridgehead atoms. The molecule has 2 heterocycles. The maximum absolute atomic E-state index is 13.3. The van der Waals surface area contributed by atoms with Crippen molar-refractivity contribution in [2.75, 3.05) is 25.9 Å². The third kappa shape index (κ3) is 3.81. The van der Waals surface area contributed by atoms with E-state index >= 15 is 0 Å². The molecule has 3 aromatic rings. The molecule has 0 aromatic heterocycles. The topological polar surface area (TPSA) is 94.5 Å². The quantitative estimate of drug-likeness (QED) is 0.312. The molecule has 0 saturated carbocycles. The molecule has 5 rings (SSSR count). The molecule has 1 unspecified atom stereocenters. The molecular weight excluding hydrogens is 474 g/mol. The Balaban J connectivity index is 1.69. The Bertz CT molecular complexity index is 1370. The lowest BCUT2D eigenvalue weighted by Gasteiger charge is -2.25. The zero-order chi connectivity index (χ0) is 24.7. The van der Waals surface area contributed by atoms with Gasteiger partial charge in [-0.25, -0.2) is 0 Å². The summed E-state index contributed by atoms with van der Waals surface area (Å²) < 4.78 is 21.4. The molecular formula is C26H20ClNO7. The normalized spacial score (nSPS) is 18.1. The number of ketones is 1. The van der Waals surface area contributed by atoms with Crippen LogP contribution >= 0.6 is 11.6 Å². The van der Waals surface area contributed by atoms with Crippen LogP contribution in [0.5, 0.6) is 23.0 Å². The number of ether oxygens (including phenoxy) is 4. The molecule has 0 radical (unpaired) electrons. The summed E-state index contributed by atoms with van der Waals surface area (Å²) in [6, 6.07) is 15.5. The van der Waals surface area contributed by atoms with Gasteiger partial charge in [-0.15, -0.1) is 0 Å². The van der Waals surface area contributed by atoms with Gasteiger partial charge < -0.3 is 24.1 Å². The number of anilines is 1. The monoisotopic (exact) mass is 493 g/mol. The molecule has 2 aliphatic rings. The summed E-state index contributed by atoms with van der Waals surface area (Å²) in [7, 11) is 2.96. The van der Waals surface area contributed by atoms with Gasteiger partial charge in [-0.3, -0.25) is 14.5 Å². The van der Waals surface area contributed by atoms with E-state index in [4.69, 9.17) is 30.5 Å². The molecule has 35 heavy (non-hydrogen) atoms. The fraction of sp³-hybridized carbons (Fsp3) is 0.154. The van der Waals surface area contributed by atoms with Crippen molar-refractivity contribution in [3.05, 3.63) is 82.4 Å². The van der Waals surface area contributed by atoms with Crippen molar-refractivity contribution in [3.8, 4) is 23.0 Å². The minimum atomic E-state index is -0.916. The first-order chi connectivity index (χ1) is 16.9. The molecule has 1 N–H and O–H groups in total. The standard InChI is InChI=1S/C26H20ClNO7/c1-32-18-9-5-15(11-20(18)33-2)24(29)22-23(14-3-6-16(27)7-4-14)28(26(31)25(22)30)17-8-10-19-21(12-17)35-13-34-19/h3-12,23,29H,13H2,1-2H3/b24-22+. The van der Waals surface area contributed by atoms with E-state index in [1.807, 2.05) is 0 Å². The third-order valence-corrected chi connectivity index (χ3v) is 6.17. The fourth-order valence-electron chi connectivity index (χ4n) is 4.23. The van der Waals surface area contributed by atoms with Crippen LogP contribution in [0.4, 0.5) is 5.69 Å². The first-order valence-electron chi connectivity index (χ1n) is 10.6. The van der Waals surface area contributed by atoms with Crippen molar-refractivity contribution in [2.24, 2.45) is 0 Å². The number of aliphatic hydroxyl groups excluding tert-OH is 1. The highest BCUT2D eigenvalue weighted by molar-refractivity contribution is 6.51. The fourth-order valence-corrected chi connectivity index (χ4v) is 4.36. The number of aliphatic hydroxyl groups is 1. The number of halogens is 1. The van der Waals surface area contributed by atoms with Gasteiger partial charge in [0.1, 0.15) is 5.76 Å². The molecule has 9 heteroatoms. The number of nitrogens with zero attached hydrogens (tertiary/aromatic N) is 1. The van der Waals surface area contributed by atoms with Gasteiger partial charge in [-0.05, 0) is 48.0 Å². The highest BCUT2D eigenvalue weighted by atomic mass is 35.5. The Kier molecular flexibility index (Phi) is 5.74. The van der Waals surface area contributed by atoms with Crippen LogP contribution < -0.4 is 23.8 Å². The van der Waals surface area contributed by atoms with Crippen LogP contribution in [0, 0.1) is 0 Å². The molecule has 8 nitrogen and oxygen atoms in total. The van der Waals surface area contributed by atoms with E-state index in [2.05, 4.69) is 0 Å². The van der Waals surface area contributed by atoms with Crippen molar-refractivity contribution < 1.29 is 33.6 Å². The minimum Gasteiger partial charge on any atom is -0.507 e. The van der Waals surface area contributed by atoms with Crippen molar-refractivity contribution in [3.63, 3.8) is 0 Å². The van der Waals surface area contributed by atoms with Gasteiger partial charge in [0, 0.05) is 22.3 Å². The van der Waals surface area contributed by atoms with E-state index in [1.165, 1.54) is 19.1 Å². The second kappa shape index (κ2) is 8.88. The largest absolute Gasteiger partial charge is 0.507 e. The summed E-state index contributed by atoms with van der Waals surface area (Å²) >= 11 is 6.08. The molecule has 178 valence electrons. The van der Waals surface area contributed by atoms with Crippen LogP contribution in [-0.2, 0) is 9.59 Å². The minimum absolute atomic E-state index is 0.0670. The van der Waals surface area contributed by atoms with E-state index in [1.54, 1.807) is 60.7 Å². The van der Waals surface area contributed by atoms with Gasteiger partial charge in [0.2, 0.25) is 6.79 Å². The van der Waals surface area contributed by atoms with Crippen molar-refractivity contribution >= 4 is 34.7 Å². The Hall–Kier alpha value is -4.17. The molecule has 1 amide bonds. The molecule has 1 atom stereocenters. The second-order valence-corrected chi connectivity index (χ2v) is 8.26. The Morgan fingerprint density at radius 2 is 1.66 bits per heavy atom. The number of Topliss-reactive ketones (excluding diaryl/α,β-unsaturated/α-hetero) is 1. The lowest BCUT2D eigenvalue weighted by atomic mass is 9.95. The SMILES string of the molecule is COc1ccc(/C(O)=C2\C(=O)C(=O)N(c3ccc4c(c3)OCO4)C2c2ccc(Cl)cc2)cc1OC. The molecule has 1 saturated heterocycles. The second-order valence-electron chi connectivity index (χ2n) is 7.83. The maximum Gasteiger partial charge on any atom is 0.300 e. The summed E-state index contributed by atoms with van der Waals surface area (Å²) in [5, 5.41) is 11.8. The van der Waals surface area contributed by atoms with Crippen LogP contribution in [0.1, 0.15) is 17.2 Å². The molecule has 1 fully saturated rings. The number of carbonyl (C=O) groups is 2. The van der Waals surface area contributed by atoms with E-state index in [0.29, 0.717) is 44.8 Å². The van der Waals surface area contributed by atoms with Gasteiger partial charge in [0.05, 0.1) is 25.8 Å². The smallest absolute Gasteiger partial charge is 0.300 e. The summed E-state index contributed by atoms with van der Waals surface area (Å²) in [6.07, 6.45) is 0. The van der Waals surface area contributed by atoms with Gasteiger partial charge in [-0.1, -0.05) is 23.7 Å².